The molecule has 0 saturated heterocycles. The first-order chi connectivity index (χ1) is 8.10. The van der Waals surface area contributed by atoms with Gasteiger partial charge in [0.05, 0.1) is 11.7 Å². The van der Waals surface area contributed by atoms with Gasteiger partial charge >= 0.3 is 0 Å². The molecule has 0 spiro atoms. The predicted octanol–water partition coefficient (Wildman–Crippen LogP) is 3.28. The quantitative estimate of drug-likeness (QED) is 0.703. The van der Waals surface area contributed by atoms with E-state index in [0.29, 0.717) is 5.92 Å². The van der Waals surface area contributed by atoms with Gasteiger partial charge in [0.1, 0.15) is 0 Å². The highest BCUT2D eigenvalue weighted by Gasteiger charge is 2.55. The summed E-state index contributed by atoms with van der Waals surface area (Å²) in [6.07, 6.45) is 4.72. The van der Waals surface area contributed by atoms with Crippen LogP contribution in [0.2, 0.25) is 0 Å². The molecule has 2 N–H and O–H groups in total. The molecule has 104 valence electrons. The Morgan fingerprint density at radius 3 is 2.33 bits per heavy atom. The van der Waals surface area contributed by atoms with Gasteiger partial charge in [-0.05, 0) is 68.3 Å². The minimum atomic E-state index is -0.632. The Morgan fingerprint density at radius 2 is 1.78 bits per heavy atom. The van der Waals surface area contributed by atoms with Gasteiger partial charge in [0.25, 0.3) is 0 Å². The van der Waals surface area contributed by atoms with Gasteiger partial charge < -0.3 is 10.2 Å². The van der Waals surface area contributed by atoms with Gasteiger partial charge in [0.15, 0.2) is 0 Å². The normalized spacial score (nSPS) is 45.8. The molecule has 0 aromatic carbocycles. The third-order valence-electron chi connectivity index (χ3n) is 6.11. The smallest absolute Gasteiger partial charge is 0.0753 e. The molecule has 2 fully saturated rings. The van der Waals surface area contributed by atoms with Crippen molar-refractivity contribution in [2.45, 2.75) is 71.5 Å². The zero-order valence-corrected chi connectivity index (χ0v) is 12.3. The van der Waals surface area contributed by atoms with E-state index in [4.69, 9.17) is 0 Å². The minimum Gasteiger partial charge on any atom is -0.390 e. The van der Waals surface area contributed by atoms with Gasteiger partial charge in [-0.25, -0.2) is 0 Å². The van der Waals surface area contributed by atoms with Crippen LogP contribution in [0.1, 0.15) is 59.8 Å². The van der Waals surface area contributed by atoms with Crippen molar-refractivity contribution >= 4 is 0 Å². The Kier molecular flexibility index (Phi) is 3.19. The molecular formula is C16H28O2. The maximum absolute atomic E-state index is 10.3. The molecular weight excluding hydrogens is 224 g/mol. The average Bonchev–Trinajstić information content (AvgIpc) is 2.26. The molecule has 2 aliphatic carbocycles. The van der Waals surface area contributed by atoms with Crippen molar-refractivity contribution in [3.63, 3.8) is 0 Å². The third-order valence-corrected chi connectivity index (χ3v) is 6.11. The van der Waals surface area contributed by atoms with Crippen LogP contribution in [0.3, 0.4) is 0 Å². The van der Waals surface area contributed by atoms with E-state index in [1.807, 2.05) is 13.8 Å². The standard InChI is InChI=1S/C16H28O2/c1-11-13(17)7-9-15(4)8-6-12(14(2,3)18)10-16(11,15)5/h12-13,17-18H,1,6-10H2,2-5H3/t12-,13-,15+,16+/m0/s1. The second kappa shape index (κ2) is 4.08. The molecule has 0 aliphatic heterocycles. The van der Waals surface area contributed by atoms with E-state index in [1.165, 1.54) is 0 Å². The molecule has 18 heavy (non-hydrogen) atoms. The molecule has 0 unspecified atom stereocenters. The first kappa shape index (κ1) is 14.1. The lowest BCUT2D eigenvalue weighted by atomic mass is 9.47. The average molecular weight is 252 g/mol. The number of rotatable bonds is 1. The van der Waals surface area contributed by atoms with Crippen LogP contribution in [-0.2, 0) is 0 Å². The summed E-state index contributed by atoms with van der Waals surface area (Å²) in [6, 6.07) is 0. The summed E-state index contributed by atoms with van der Waals surface area (Å²) in [5.74, 6) is 0.303. The van der Waals surface area contributed by atoms with Gasteiger partial charge in [-0.3, -0.25) is 0 Å². The molecule has 2 aliphatic rings. The lowest BCUT2D eigenvalue weighted by Gasteiger charge is -2.59. The second-order valence-corrected chi connectivity index (χ2v) is 7.57. The molecule has 0 heterocycles. The van der Waals surface area contributed by atoms with E-state index < -0.39 is 5.60 Å². The first-order valence-electron chi connectivity index (χ1n) is 7.20. The van der Waals surface area contributed by atoms with Gasteiger partial charge in [0, 0.05) is 0 Å². The van der Waals surface area contributed by atoms with E-state index in [1.54, 1.807) is 0 Å². The van der Waals surface area contributed by atoms with Gasteiger partial charge in [0.2, 0.25) is 0 Å². The summed E-state index contributed by atoms with van der Waals surface area (Å²) < 4.78 is 0. The van der Waals surface area contributed by atoms with Crippen LogP contribution in [-0.4, -0.2) is 21.9 Å². The number of hydrogen-bond donors (Lipinski definition) is 2. The van der Waals surface area contributed by atoms with E-state index in [9.17, 15) is 10.2 Å². The van der Waals surface area contributed by atoms with Crippen LogP contribution in [0, 0.1) is 16.7 Å². The van der Waals surface area contributed by atoms with E-state index >= 15 is 0 Å². The van der Waals surface area contributed by atoms with Crippen molar-refractivity contribution in [3.8, 4) is 0 Å². The first-order valence-corrected chi connectivity index (χ1v) is 7.20. The SMILES string of the molecule is C=C1[C@@H](O)CC[C@@]2(C)CC[C@H](C(C)(C)O)C[C@]12C. The molecule has 2 nitrogen and oxygen atoms in total. The summed E-state index contributed by atoms with van der Waals surface area (Å²) in [7, 11) is 0. The Balaban J connectivity index is 2.32. The van der Waals surface area contributed by atoms with Crippen molar-refractivity contribution < 1.29 is 10.2 Å². The van der Waals surface area contributed by atoms with Crippen LogP contribution < -0.4 is 0 Å². The highest BCUT2D eigenvalue weighted by molar-refractivity contribution is 5.24. The molecule has 4 atom stereocenters. The molecule has 0 amide bonds. The highest BCUT2D eigenvalue weighted by Crippen LogP contribution is 2.62. The van der Waals surface area contributed by atoms with E-state index in [2.05, 4.69) is 20.4 Å². The maximum Gasteiger partial charge on any atom is 0.0753 e. The maximum atomic E-state index is 10.3. The molecule has 0 radical (unpaired) electrons. The molecule has 0 bridgehead atoms. The molecule has 2 heteroatoms. The zero-order valence-electron chi connectivity index (χ0n) is 12.3. The van der Waals surface area contributed by atoms with Crippen molar-refractivity contribution in [3.05, 3.63) is 12.2 Å². The fraction of sp³-hybridized carbons (Fsp3) is 0.875. The predicted molar refractivity (Wildman–Crippen MR) is 74.2 cm³/mol. The highest BCUT2D eigenvalue weighted by atomic mass is 16.3. The summed E-state index contributed by atoms with van der Waals surface area (Å²) in [6.45, 7) is 12.6. The number of aliphatic hydroxyl groups is 2. The van der Waals surface area contributed by atoms with Crippen LogP contribution in [0.25, 0.3) is 0 Å². The topological polar surface area (TPSA) is 40.5 Å². The van der Waals surface area contributed by atoms with E-state index in [-0.39, 0.29) is 16.9 Å². The zero-order chi connectivity index (χ0) is 13.8. The van der Waals surface area contributed by atoms with Crippen molar-refractivity contribution in [2.75, 3.05) is 0 Å². The van der Waals surface area contributed by atoms with Crippen LogP contribution in [0.4, 0.5) is 0 Å². The third kappa shape index (κ3) is 1.94. The minimum absolute atomic E-state index is 0.0341. The summed E-state index contributed by atoms with van der Waals surface area (Å²) >= 11 is 0. The van der Waals surface area contributed by atoms with E-state index in [0.717, 1.165) is 37.7 Å². The number of fused-ring (bicyclic) bond motifs is 1. The van der Waals surface area contributed by atoms with Crippen LogP contribution >= 0.6 is 0 Å². The van der Waals surface area contributed by atoms with Crippen molar-refractivity contribution in [1.82, 2.24) is 0 Å². The number of hydrogen-bond acceptors (Lipinski definition) is 2. The number of aliphatic hydroxyl groups excluding tert-OH is 1. The van der Waals surface area contributed by atoms with Gasteiger partial charge in [-0.2, -0.15) is 0 Å². The molecule has 0 aromatic rings. The van der Waals surface area contributed by atoms with Crippen molar-refractivity contribution in [2.24, 2.45) is 16.7 Å². The summed E-state index contributed by atoms with van der Waals surface area (Å²) in [5, 5.41) is 20.4. The summed E-state index contributed by atoms with van der Waals surface area (Å²) in [4.78, 5) is 0. The lowest BCUT2D eigenvalue weighted by molar-refractivity contribution is -0.0908. The Morgan fingerprint density at radius 1 is 1.22 bits per heavy atom. The lowest BCUT2D eigenvalue weighted by Crippen LogP contribution is -2.53. The Hall–Kier alpha value is -0.340. The fourth-order valence-corrected chi connectivity index (χ4v) is 4.13. The van der Waals surface area contributed by atoms with Crippen molar-refractivity contribution in [1.29, 1.82) is 0 Å². The monoisotopic (exact) mass is 252 g/mol. The van der Waals surface area contributed by atoms with Gasteiger partial charge in [-0.15, -0.1) is 0 Å². The Bertz CT molecular complexity index is 355. The Labute approximate surface area is 111 Å². The van der Waals surface area contributed by atoms with Gasteiger partial charge in [-0.1, -0.05) is 20.4 Å². The second-order valence-electron chi connectivity index (χ2n) is 7.57. The van der Waals surface area contributed by atoms with Crippen LogP contribution in [0.5, 0.6) is 0 Å². The van der Waals surface area contributed by atoms with Crippen LogP contribution in [0.15, 0.2) is 12.2 Å². The fourth-order valence-electron chi connectivity index (χ4n) is 4.13. The summed E-state index contributed by atoms with van der Waals surface area (Å²) in [5.41, 5.74) is 0.566. The molecule has 2 rings (SSSR count). The molecule has 2 saturated carbocycles. The largest absolute Gasteiger partial charge is 0.390 e. The molecule has 0 aromatic heterocycles.